The fraction of sp³-hybridized carbons (Fsp3) is 0.486. The van der Waals surface area contributed by atoms with E-state index in [1.165, 1.54) is 9.36 Å². The number of para-hydroxylation sites is 1. The molecule has 2 fully saturated rings. The first-order valence-corrected chi connectivity index (χ1v) is 17.0. The molecule has 50 heavy (non-hydrogen) atoms. The maximum atomic E-state index is 13.6. The molecule has 1 amide bonds. The van der Waals surface area contributed by atoms with E-state index >= 15 is 0 Å². The van der Waals surface area contributed by atoms with Crippen LogP contribution >= 0.6 is 0 Å². The summed E-state index contributed by atoms with van der Waals surface area (Å²) in [5, 5.41) is 18.4. The smallest absolute Gasteiger partial charge is 0.407 e. The van der Waals surface area contributed by atoms with Crippen LogP contribution in [0.1, 0.15) is 32.2 Å². The number of carbonyl (C=O) groups excluding carboxylic acids is 1. The number of aromatic nitrogens is 3. The van der Waals surface area contributed by atoms with Gasteiger partial charge in [-0.05, 0) is 55.3 Å². The maximum absolute atomic E-state index is 13.6. The van der Waals surface area contributed by atoms with Crippen LogP contribution in [-0.2, 0) is 25.6 Å². The van der Waals surface area contributed by atoms with Crippen molar-refractivity contribution in [1.29, 1.82) is 0 Å². The molecule has 0 radical (unpaired) electrons. The van der Waals surface area contributed by atoms with E-state index in [0.29, 0.717) is 42.3 Å². The van der Waals surface area contributed by atoms with Gasteiger partial charge in [0.2, 0.25) is 0 Å². The predicted octanol–water partition coefficient (Wildman–Crippen LogP) is 2.18. The Bertz CT molecular complexity index is 1830. The molecule has 15 nitrogen and oxygen atoms in total. The van der Waals surface area contributed by atoms with Gasteiger partial charge in [-0.15, -0.1) is 0 Å². The van der Waals surface area contributed by atoms with Gasteiger partial charge in [0, 0.05) is 25.4 Å². The zero-order chi connectivity index (χ0) is 34.8. The molecule has 1 saturated carbocycles. The van der Waals surface area contributed by atoms with Gasteiger partial charge in [-0.2, -0.15) is 0 Å². The second kappa shape index (κ2) is 14.5. The Morgan fingerprint density at radius 1 is 1.04 bits per heavy atom. The van der Waals surface area contributed by atoms with Gasteiger partial charge in [-0.1, -0.05) is 36.4 Å². The molecule has 0 spiro atoms. The molecule has 1 aliphatic carbocycles. The number of epoxide rings is 1. The lowest BCUT2D eigenvalue weighted by atomic mass is 9.78. The summed E-state index contributed by atoms with van der Waals surface area (Å²) >= 11 is 0. The molecule has 1 saturated heterocycles. The van der Waals surface area contributed by atoms with E-state index in [0.717, 1.165) is 11.0 Å². The highest BCUT2D eigenvalue weighted by Gasteiger charge is 2.61. The average molecular weight is 692 g/mol. The SMILES string of the molecule is CCCNC(=O)OC[C@H]1O[C@H](CCON=C2[C@H]3CCn4c(=O)n(-c5ccccc5)c(=O)n4[C@@H]3[C@H](O)[C@@H]3O[C@H]23)C=C[C@H]1Oc1ccc(OC)cc1. The number of carbonyl (C=O) groups is 1. The molecule has 0 unspecified atom stereocenters. The summed E-state index contributed by atoms with van der Waals surface area (Å²) in [5.74, 6) is 0.948. The molecule has 4 aliphatic rings. The number of oxime groups is 1. The Hall–Kier alpha value is -4.86. The predicted molar refractivity (Wildman–Crippen MR) is 179 cm³/mol. The van der Waals surface area contributed by atoms with Gasteiger partial charge in [0.15, 0.2) is 0 Å². The minimum Gasteiger partial charge on any atom is -0.497 e. The minimum atomic E-state index is -0.990. The number of alkyl carbamates (subject to hydrolysis) is 1. The molecule has 1 aromatic heterocycles. The van der Waals surface area contributed by atoms with Crippen LogP contribution in [0.15, 0.2) is 81.5 Å². The monoisotopic (exact) mass is 691 g/mol. The third-order valence-electron chi connectivity index (χ3n) is 9.43. The van der Waals surface area contributed by atoms with Crippen molar-refractivity contribution in [3.05, 3.63) is 87.7 Å². The van der Waals surface area contributed by atoms with Crippen molar-refractivity contribution in [3.8, 4) is 17.2 Å². The fourth-order valence-corrected chi connectivity index (χ4v) is 6.89. The summed E-state index contributed by atoms with van der Waals surface area (Å²) in [7, 11) is 1.59. The number of methoxy groups -OCH3 is 1. The van der Waals surface area contributed by atoms with E-state index in [9.17, 15) is 19.5 Å². The Labute approximate surface area is 287 Å². The number of amides is 1. The van der Waals surface area contributed by atoms with Crippen molar-refractivity contribution >= 4 is 11.8 Å². The highest BCUT2D eigenvalue weighted by atomic mass is 16.6. The topological polar surface area (TPSA) is 169 Å². The molecule has 7 rings (SSSR count). The Balaban J connectivity index is 1.02. The number of fused-ring (bicyclic) bond motifs is 4. The third-order valence-corrected chi connectivity index (χ3v) is 9.43. The normalized spacial score (nSPS) is 28.6. The van der Waals surface area contributed by atoms with Gasteiger partial charge in [0.05, 0.1) is 30.7 Å². The van der Waals surface area contributed by atoms with Crippen molar-refractivity contribution in [3.63, 3.8) is 0 Å². The van der Waals surface area contributed by atoms with Gasteiger partial charge in [0.25, 0.3) is 0 Å². The highest BCUT2D eigenvalue weighted by molar-refractivity contribution is 5.94. The summed E-state index contributed by atoms with van der Waals surface area (Å²) in [6.07, 6.45) is 1.51. The van der Waals surface area contributed by atoms with Gasteiger partial charge in [-0.3, -0.25) is 0 Å². The van der Waals surface area contributed by atoms with Gasteiger partial charge in [-0.25, -0.2) is 28.3 Å². The number of aliphatic hydroxyl groups is 1. The van der Waals surface area contributed by atoms with Crippen molar-refractivity contribution in [2.24, 2.45) is 11.1 Å². The molecule has 266 valence electrons. The highest BCUT2D eigenvalue weighted by Crippen LogP contribution is 2.46. The Kier molecular flexibility index (Phi) is 9.79. The lowest BCUT2D eigenvalue weighted by Crippen LogP contribution is -2.53. The van der Waals surface area contributed by atoms with Gasteiger partial charge < -0.3 is 38.9 Å². The summed E-state index contributed by atoms with van der Waals surface area (Å²) in [6.45, 7) is 2.90. The summed E-state index contributed by atoms with van der Waals surface area (Å²) < 4.78 is 32.8. The van der Waals surface area contributed by atoms with Crippen LogP contribution in [0.2, 0.25) is 0 Å². The zero-order valence-electron chi connectivity index (χ0n) is 27.8. The van der Waals surface area contributed by atoms with Crippen molar-refractivity contribution in [2.45, 2.75) is 75.4 Å². The number of hydrogen-bond acceptors (Lipinski definition) is 11. The molecule has 15 heteroatoms. The standard InChI is InChI=1S/C35H41N5O10/c1-3-17-36-33(42)46-20-27-26(48-23-11-9-22(45-2)10-12-23)14-13-24(49-27)16-19-47-37-28-25-15-18-38-34(43)39(21-7-5-4-6-8-21)35(44)40(38)29(25)30(41)32-31(28)50-32/h4-14,24-27,29-32,41H,3,15-20H2,1-2H3,(H,36,42)/t24-,25+,26+,27+,29-,30-,31+,32-/m0/s1. The van der Waals surface area contributed by atoms with Crippen LogP contribution in [0.25, 0.3) is 5.69 Å². The molecular formula is C35H41N5O10. The van der Waals surface area contributed by atoms with E-state index < -0.39 is 54.0 Å². The van der Waals surface area contributed by atoms with E-state index in [2.05, 4.69) is 10.5 Å². The van der Waals surface area contributed by atoms with E-state index in [4.69, 9.17) is 28.5 Å². The first-order chi connectivity index (χ1) is 24.4. The summed E-state index contributed by atoms with van der Waals surface area (Å²) in [4.78, 5) is 44.9. The summed E-state index contributed by atoms with van der Waals surface area (Å²) in [5.41, 5.74) is 0.0950. The molecule has 2 N–H and O–H groups in total. The van der Waals surface area contributed by atoms with Crippen molar-refractivity contribution in [1.82, 2.24) is 19.2 Å². The molecule has 4 heterocycles. The average Bonchev–Trinajstić information content (AvgIpc) is 3.90. The van der Waals surface area contributed by atoms with Gasteiger partial charge in [0.1, 0.15) is 55.2 Å². The van der Waals surface area contributed by atoms with Crippen LogP contribution in [-0.4, -0.2) is 94.3 Å². The number of nitrogens with zero attached hydrogens (tertiary/aromatic N) is 4. The van der Waals surface area contributed by atoms with Crippen LogP contribution < -0.4 is 26.2 Å². The molecule has 3 aromatic rings. The Morgan fingerprint density at radius 3 is 2.58 bits per heavy atom. The number of aliphatic hydroxyl groups excluding tert-OH is 1. The number of ether oxygens (including phenoxy) is 5. The van der Waals surface area contributed by atoms with Crippen molar-refractivity contribution in [2.75, 3.05) is 26.9 Å². The second-order valence-corrected chi connectivity index (χ2v) is 12.6. The van der Waals surface area contributed by atoms with Crippen LogP contribution in [0.5, 0.6) is 11.5 Å². The molecular weight excluding hydrogens is 650 g/mol. The number of rotatable bonds is 12. The van der Waals surface area contributed by atoms with Crippen LogP contribution in [0.3, 0.4) is 0 Å². The van der Waals surface area contributed by atoms with E-state index in [-0.39, 0.29) is 31.8 Å². The van der Waals surface area contributed by atoms with E-state index in [1.807, 2.05) is 25.1 Å². The fourth-order valence-electron chi connectivity index (χ4n) is 6.89. The first-order valence-electron chi connectivity index (χ1n) is 17.0. The zero-order valence-corrected chi connectivity index (χ0v) is 27.8. The van der Waals surface area contributed by atoms with Gasteiger partial charge >= 0.3 is 17.5 Å². The third kappa shape index (κ3) is 6.67. The molecule has 0 bridgehead atoms. The number of nitrogens with one attached hydrogen (secondary N) is 1. The van der Waals surface area contributed by atoms with E-state index in [1.54, 1.807) is 55.6 Å². The van der Waals surface area contributed by atoms with Crippen LogP contribution in [0, 0.1) is 5.92 Å². The van der Waals surface area contributed by atoms with Crippen molar-refractivity contribution < 1.29 is 38.4 Å². The second-order valence-electron chi connectivity index (χ2n) is 12.6. The molecule has 3 aliphatic heterocycles. The largest absolute Gasteiger partial charge is 0.497 e. The maximum Gasteiger partial charge on any atom is 0.407 e. The van der Waals surface area contributed by atoms with Crippen LogP contribution in [0.4, 0.5) is 4.79 Å². The lowest BCUT2D eigenvalue weighted by Gasteiger charge is -2.38. The number of benzene rings is 2. The molecule has 2 aromatic carbocycles. The Morgan fingerprint density at radius 2 is 1.82 bits per heavy atom. The molecule has 8 atom stereocenters. The number of hydrogen-bond donors (Lipinski definition) is 2. The minimum absolute atomic E-state index is 0.0252. The first kappa shape index (κ1) is 33.6. The summed E-state index contributed by atoms with van der Waals surface area (Å²) in [6, 6.07) is 15.2. The lowest BCUT2D eigenvalue weighted by molar-refractivity contribution is -0.0808. The quantitative estimate of drug-likeness (QED) is 0.124.